The van der Waals surface area contributed by atoms with Crippen LogP contribution in [0.3, 0.4) is 0 Å². The van der Waals surface area contributed by atoms with Gasteiger partial charge in [-0.15, -0.1) is 0 Å². The number of halogens is 4. The average Bonchev–Trinajstić information content (AvgIpc) is 2.18. The number of hydrogen-bond acceptors (Lipinski definition) is 2. The Morgan fingerprint density at radius 2 is 2.06 bits per heavy atom. The Balaban J connectivity index is 3.36. The van der Waals surface area contributed by atoms with E-state index in [1.165, 1.54) is 6.07 Å². The quantitative estimate of drug-likeness (QED) is 0.338. The van der Waals surface area contributed by atoms with Crippen molar-refractivity contribution in [3.8, 4) is 0 Å². The fourth-order valence-corrected chi connectivity index (χ4v) is 1.15. The van der Waals surface area contributed by atoms with Gasteiger partial charge in [-0.3, -0.25) is 4.79 Å². The largest absolute Gasteiger partial charge is 0.454 e. The van der Waals surface area contributed by atoms with Crippen LogP contribution in [0, 0.1) is 0 Å². The Kier molecular flexibility index (Phi) is 3.41. The molecule has 0 aliphatic heterocycles. The number of carbonyl (C=O) groups excluding carboxylic acids is 1. The SMILES string of the molecule is [N-]=[N+]=Nc1ccc(Cl)cc1C(=O)C(F)(F)F. The number of hydrogen-bond donors (Lipinski definition) is 0. The summed E-state index contributed by atoms with van der Waals surface area (Å²) in [5, 5.41) is 2.93. The minimum absolute atomic E-state index is 0.0514. The summed E-state index contributed by atoms with van der Waals surface area (Å²) in [4.78, 5) is 13.3. The van der Waals surface area contributed by atoms with Gasteiger partial charge in [-0.1, -0.05) is 22.8 Å². The van der Waals surface area contributed by atoms with Gasteiger partial charge in [0, 0.05) is 21.2 Å². The Hall–Kier alpha value is -1.72. The molecule has 0 heterocycles. The standard InChI is InChI=1S/C8H3ClF3N3O/c9-4-1-2-6(14-15-13)5(3-4)7(16)8(10,11)12/h1-3H. The van der Waals surface area contributed by atoms with Crippen molar-refractivity contribution in [1.82, 2.24) is 0 Å². The van der Waals surface area contributed by atoms with E-state index in [0.29, 0.717) is 0 Å². The number of rotatable bonds is 2. The highest BCUT2D eigenvalue weighted by Gasteiger charge is 2.40. The van der Waals surface area contributed by atoms with Gasteiger partial charge in [0.1, 0.15) is 0 Å². The zero-order valence-electron chi connectivity index (χ0n) is 7.49. The topological polar surface area (TPSA) is 65.8 Å². The lowest BCUT2D eigenvalue weighted by molar-refractivity contribution is -0.0884. The third-order valence-electron chi connectivity index (χ3n) is 1.61. The third kappa shape index (κ3) is 2.65. The molecule has 0 spiro atoms. The minimum Gasteiger partial charge on any atom is -0.284 e. The average molecular weight is 250 g/mol. The zero-order chi connectivity index (χ0) is 12.3. The predicted molar refractivity (Wildman–Crippen MR) is 50.6 cm³/mol. The van der Waals surface area contributed by atoms with Crippen LogP contribution in [0.2, 0.25) is 5.02 Å². The Bertz CT molecular complexity index is 480. The second kappa shape index (κ2) is 4.42. The molecule has 0 aliphatic carbocycles. The third-order valence-corrected chi connectivity index (χ3v) is 1.85. The maximum atomic E-state index is 12.2. The van der Waals surface area contributed by atoms with Crippen molar-refractivity contribution < 1.29 is 18.0 Å². The lowest BCUT2D eigenvalue weighted by Crippen LogP contribution is -2.22. The molecule has 1 aromatic rings. The summed E-state index contributed by atoms with van der Waals surface area (Å²) in [5.74, 6) is -2.10. The molecule has 0 amide bonds. The molecule has 0 fully saturated rings. The molecule has 84 valence electrons. The Morgan fingerprint density at radius 3 is 2.56 bits per heavy atom. The van der Waals surface area contributed by atoms with Gasteiger partial charge in [0.25, 0.3) is 5.78 Å². The second-order valence-electron chi connectivity index (χ2n) is 2.68. The number of Topliss-reactive ketones (excluding diaryl/α,β-unsaturated/α-hetero) is 1. The maximum Gasteiger partial charge on any atom is 0.454 e. The van der Waals surface area contributed by atoms with E-state index in [9.17, 15) is 18.0 Å². The molecule has 0 N–H and O–H groups in total. The van der Waals surface area contributed by atoms with Crippen LogP contribution >= 0.6 is 11.6 Å². The lowest BCUT2D eigenvalue weighted by atomic mass is 10.1. The zero-order valence-corrected chi connectivity index (χ0v) is 8.25. The molecule has 4 nitrogen and oxygen atoms in total. The van der Waals surface area contributed by atoms with Gasteiger partial charge in [-0.05, 0) is 17.7 Å². The van der Waals surface area contributed by atoms with Crippen molar-refractivity contribution >= 4 is 23.1 Å². The van der Waals surface area contributed by atoms with E-state index in [0.717, 1.165) is 12.1 Å². The van der Waals surface area contributed by atoms with Gasteiger partial charge >= 0.3 is 6.18 Å². The van der Waals surface area contributed by atoms with Crippen LogP contribution in [0.15, 0.2) is 23.3 Å². The highest BCUT2D eigenvalue weighted by molar-refractivity contribution is 6.31. The van der Waals surface area contributed by atoms with Gasteiger partial charge in [0.05, 0.1) is 0 Å². The van der Waals surface area contributed by atoms with Crippen LogP contribution in [0.1, 0.15) is 10.4 Å². The summed E-state index contributed by atoms with van der Waals surface area (Å²) < 4.78 is 36.5. The van der Waals surface area contributed by atoms with Gasteiger partial charge in [0.2, 0.25) is 0 Å². The lowest BCUT2D eigenvalue weighted by Gasteiger charge is -2.07. The van der Waals surface area contributed by atoms with E-state index in [1.807, 2.05) is 0 Å². The van der Waals surface area contributed by atoms with Crippen LogP contribution in [-0.2, 0) is 0 Å². The molecule has 1 rings (SSSR count). The van der Waals surface area contributed by atoms with E-state index in [2.05, 4.69) is 10.0 Å². The van der Waals surface area contributed by atoms with E-state index in [-0.39, 0.29) is 5.02 Å². The molecular formula is C8H3ClF3N3O. The first kappa shape index (κ1) is 12.4. The number of nitrogens with zero attached hydrogens (tertiary/aromatic N) is 3. The van der Waals surface area contributed by atoms with Gasteiger partial charge in [0.15, 0.2) is 0 Å². The summed E-state index contributed by atoms with van der Waals surface area (Å²) in [6.07, 6.45) is -5.04. The van der Waals surface area contributed by atoms with Crippen LogP contribution in [0.4, 0.5) is 18.9 Å². The molecule has 0 saturated carbocycles. The molecule has 0 atom stereocenters. The molecule has 0 unspecified atom stereocenters. The highest BCUT2D eigenvalue weighted by Crippen LogP contribution is 2.30. The van der Waals surface area contributed by atoms with E-state index < -0.39 is 23.2 Å². The normalized spacial score (nSPS) is 10.8. The van der Waals surface area contributed by atoms with Gasteiger partial charge in [-0.25, -0.2) is 0 Å². The molecular weight excluding hydrogens is 247 g/mol. The first-order valence-electron chi connectivity index (χ1n) is 3.82. The number of alkyl halides is 3. The molecule has 0 bridgehead atoms. The molecule has 0 saturated heterocycles. The van der Waals surface area contributed by atoms with E-state index in [4.69, 9.17) is 17.1 Å². The highest BCUT2D eigenvalue weighted by atomic mass is 35.5. The molecule has 8 heteroatoms. The monoisotopic (exact) mass is 249 g/mol. The fraction of sp³-hybridized carbons (Fsp3) is 0.125. The molecule has 0 aliphatic rings. The van der Waals surface area contributed by atoms with Crippen LogP contribution in [0.5, 0.6) is 0 Å². The van der Waals surface area contributed by atoms with Crippen LogP contribution in [-0.4, -0.2) is 12.0 Å². The van der Waals surface area contributed by atoms with Crippen molar-refractivity contribution in [3.05, 3.63) is 39.2 Å². The first-order valence-corrected chi connectivity index (χ1v) is 4.20. The summed E-state index contributed by atoms with van der Waals surface area (Å²) in [7, 11) is 0. The fourth-order valence-electron chi connectivity index (χ4n) is 0.978. The van der Waals surface area contributed by atoms with Crippen molar-refractivity contribution in [3.63, 3.8) is 0 Å². The molecule has 0 aromatic heterocycles. The number of ketones is 1. The van der Waals surface area contributed by atoms with Crippen molar-refractivity contribution in [2.45, 2.75) is 6.18 Å². The predicted octanol–water partition coefficient (Wildman–Crippen LogP) is 4.03. The first-order chi connectivity index (χ1) is 7.36. The smallest absolute Gasteiger partial charge is 0.284 e. The van der Waals surface area contributed by atoms with E-state index >= 15 is 0 Å². The summed E-state index contributed by atoms with van der Waals surface area (Å²) >= 11 is 5.46. The van der Waals surface area contributed by atoms with Gasteiger partial charge < -0.3 is 0 Å². The number of benzene rings is 1. The van der Waals surface area contributed by atoms with Crippen LogP contribution in [0.25, 0.3) is 10.4 Å². The Labute approximate surface area is 92.3 Å². The summed E-state index contributed by atoms with van der Waals surface area (Å²) in [5.41, 5.74) is 6.96. The van der Waals surface area contributed by atoms with E-state index in [1.54, 1.807) is 0 Å². The van der Waals surface area contributed by atoms with Gasteiger partial charge in [-0.2, -0.15) is 13.2 Å². The summed E-state index contributed by atoms with van der Waals surface area (Å²) in [6, 6.07) is 3.07. The number of azide groups is 1. The van der Waals surface area contributed by atoms with Crippen molar-refractivity contribution in [2.24, 2.45) is 5.11 Å². The molecule has 16 heavy (non-hydrogen) atoms. The number of carbonyl (C=O) groups is 1. The maximum absolute atomic E-state index is 12.2. The summed E-state index contributed by atoms with van der Waals surface area (Å²) in [6.45, 7) is 0. The van der Waals surface area contributed by atoms with Crippen molar-refractivity contribution in [2.75, 3.05) is 0 Å². The Morgan fingerprint density at radius 1 is 1.44 bits per heavy atom. The van der Waals surface area contributed by atoms with Crippen molar-refractivity contribution in [1.29, 1.82) is 0 Å². The second-order valence-corrected chi connectivity index (χ2v) is 3.11. The van der Waals surface area contributed by atoms with Crippen LogP contribution < -0.4 is 0 Å². The minimum atomic E-state index is -5.04. The molecule has 1 aromatic carbocycles. The molecule has 0 radical (unpaired) electrons.